The first kappa shape index (κ1) is 30.6. The number of carbonyl (C=O) groups excluding carboxylic acids is 2. The van der Waals surface area contributed by atoms with Gasteiger partial charge in [-0.05, 0) is 62.4 Å². The Morgan fingerprint density at radius 1 is 0.956 bits per heavy atom. The summed E-state index contributed by atoms with van der Waals surface area (Å²) in [7, 11) is 3.34. The lowest BCUT2D eigenvalue weighted by molar-refractivity contribution is -0.274. The number of halogens is 5. The average Bonchev–Trinajstić information content (AvgIpc) is 3.65. The molecule has 4 atom stereocenters. The van der Waals surface area contributed by atoms with Crippen LogP contribution >= 0.6 is 0 Å². The smallest absolute Gasteiger partial charge is 0.497 e. The van der Waals surface area contributed by atoms with Crippen molar-refractivity contribution in [2.45, 2.75) is 43.8 Å². The monoisotopic (exact) mass is 631 g/mol. The second-order valence-electron chi connectivity index (χ2n) is 11.6. The molecule has 3 aromatic rings. The van der Waals surface area contributed by atoms with Gasteiger partial charge in [0.2, 0.25) is 0 Å². The Balaban J connectivity index is 1.32. The van der Waals surface area contributed by atoms with Crippen LogP contribution < -0.4 is 24.6 Å². The third kappa shape index (κ3) is 5.98. The highest BCUT2D eigenvalue weighted by atomic mass is 19.4. The van der Waals surface area contributed by atoms with Crippen LogP contribution in [-0.2, 0) is 4.79 Å². The molecule has 2 amide bonds. The van der Waals surface area contributed by atoms with Gasteiger partial charge in [-0.2, -0.15) is 0 Å². The maximum atomic E-state index is 15.4. The summed E-state index contributed by atoms with van der Waals surface area (Å²) in [5, 5.41) is 2.55. The molecule has 2 aromatic carbocycles. The highest BCUT2D eigenvalue weighted by molar-refractivity contribution is 6.04. The van der Waals surface area contributed by atoms with Crippen LogP contribution in [0.3, 0.4) is 0 Å². The predicted molar refractivity (Wildman–Crippen MR) is 154 cm³/mol. The van der Waals surface area contributed by atoms with E-state index in [2.05, 4.69) is 26.9 Å². The lowest BCUT2D eigenvalue weighted by atomic mass is 9.92. The SMILES string of the molecule is COc1cc(F)c([C@@H]2CN(c3cc(C)cc(N4C[C@@H]5C[C@H]4CN5C)n3)C(=O)[C@H]2NC(=O)c2ccc(OC(F)(F)F)cc2)c(F)c1. The Hall–Kier alpha value is -4.46. The van der Waals surface area contributed by atoms with E-state index in [1.165, 1.54) is 12.0 Å². The normalized spacial score (nSPS) is 23.2. The fraction of sp³-hybridized carbons (Fsp3) is 0.387. The molecule has 1 aromatic heterocycles. The quantitative estimate of drug-likeness (QED) is 0.387. The summed E-state index contributed by atoms with van der Waals surface area (Å²) in [6.07, 6.45) is -3.92. The summed E-state index contributed by atoms with van der Waals surface area (Å²) >= 11 is 0. The number of piperazine rings is 1. The molecule has 3 fully saturated rings. The van der Waals surface area contributed by atoms with Crippen LogP contribution in [0, 0.1) is 18.6 Å². The summed E-state index contributed by atoms with van der Waals surface area (Å²) in [6, 6.07) is 8.93. The highest BCUT2D eigenvalue weighted by Gasteiger charge is 2.47. The number of aryl methyl sites for hydroxylation is 1. The maximum absolute atomic E-state index is 15.4. The molecule has 2 bridgehead atoms. The number of likely N-dealkylation sites (tertiary alicyclic amines) is 1. The number of nitrogens with one attached hydrogen (secondary N) is 1. The number of benzene rings is 2. The Kier molecular flexibility index (Phi) is 7.79. The van der Waals surface area contributed by atoms with Gasteiger partial charge in [-0.15, -0.1) is 13.2 Å². The zero-order valence-corrected chi connectivity index (χ0v) is 24.6. The van der Waals surface area contributed by atoms with Crippen molar-refractivity contribution in [3.05, 3.63) is 76.9 Å². The Morgan fingerprint density at radius 2 is 1.62 bits per heavy atom. The standard InChI is InChI=1S/C31H30F5N5O4/c1-16-8-25(40-14-18-10-19(40)13-39(18)2)37-26(9-16)41-15-22(27-23(32)11-21(44-3)12-24(27)33)28(30(41)43)38-29(42)17-4-6-20(7-5-17)45-31(34,35)36/h4-9,11-12,18-19,22,28H,10,13-15H2,1-3H3,(H,38,42)/t18-,19-,22-,28-/m0/s1. The number of hydrogen-bond donors (Lipinski definition) is 1. The molecule has 0 saturated carbocycles. The molecule has 3 saturated heterocycles. The Labute approximate surface area is 255 Å². The molecule has 238 valence electrons. The fourth-order valence-electron chi connectivity index (χ4n) is 6.49. The van der Waals surface area contributed by atoms with Crippen molar-refractivity contribution in [1.29, 1.82) is 0 Å². The van der Waals surface area contributed by atoms with E-state index < -0.39 is 53.1 Å². The number of ether oxygens (including phenoxy) is 2. The molecule has 0 aliphatic carbocycles. The lowest BCUT2D eigenvalue weighted by Crippen LogP contribution is -2.45. The number of likely N-dealkylation sites (N-methyl/N-ethyl adjacent to an activating group) is 1. The van der Waals surface area contributed by atoms with Crippen LogP contribution in [0.2, 0.25) is 0 Å². The van der Waals surface area contributed by atoms with Crippen LogP contribution in [0.5, 0.6) is 11.5 Å². The van der Waals surface area contributed by atoms with Crippen molar-refractivity contribution >= 4 is 23.5 Å². The molecule has 0 radical (unpaired) electrons. The highest BCUT2D eigenvalue weighted by Crippen LogP contribution is 2.38. The van der Waals surface area contributed by atoms with Crippen LogP contribution in [0.15, 0.2) is 48.5 Å². The van der Waals surface area contributed by atoms with Crippen LogP contribution in [0.1, 0.15) is 33.8 Å². The van der Waals surface area contributed by atoms with Gasteiger partial charge >= 0.3 is 6.36 Å². The van der Waals surface area contributed by atoms with E-state index in [1.807, 2.05) is 13.0 Å². The topological polar surface area (TPSA) is 87.2 Å². The zero-order chi connectivity index (χ0) is 32.2. The number of alkyl halides is 3. The van der Waals surface area contributed by atoms with Gasteiger partial charge in [-0.3, -0.25) is 19.4 Å². The Morgan fingerprint density at radius 3 is 2.20 bits per heavy atom. The minimum atomic E-state index is -4.92. The van der Waals surface area contributed by atoms with E-state index in [-0.39, 0.29) is 29.7 Å². The number of rotatable bonds is 7. The minimum Gasteiger partial charge on any atom is -0.497 e. The summed E-state index contributed by atoms with van der Waals surface area (Å²) in [5.41, 5.74) is 0.319. The number of anilines is 2. The number of nitrogens with zero attached hydrogens (tertiary/aromatic N) is 4. The third-order valence-corrected chi connectivity index (χ3v) is 8.64. The van der Waals surface area contributed by atoms with Gasteiger partial charge in [-0.25, -0.2) is 13.8 Å². The number of carbonyl (C=O) groups is 2. The first-order chi connectivity index (χ1) is 21.3. The molecule has 14 heteroatoms. The molecule has 0 unspecified atom stereocenters. The third-order valence-electron chi connectivity index (χ3n) is 8.64. The van der Waals surface area contributed by atoms with E-state index in [4.69, 9.17) is 9.72 Å². The van der Waals surface area contributed by atoms with E-state index in [0.717, 1.165) is 61.5 Å². The van der Waals surface area contributed by atoms with Crippen molar-refractivity contribution in [3.8, 4) is 11.5 Å². The molecule has 0 spiro atoms. The number of hydrogen-bond acceptors (Lipinski definition) is 7. The van der Waals surface area contributed by atoms with E-state index in [0.29, 0.717) is 11.9 Å². The largest absolute Gasteiger partial charge is 0.573 e. The van der Waals surface area contributed by atoms with Gasteiger partial charge in [0, 0.05) is 60.9 Å². The average molecular weight is 632 g/mol. The molecule has 3 aliphatic rings. The summed E-state index contributed by atoms with van der Waals surface area (Å²) in [4.78, 5) is 37.8. The van der Waals surface area contributed by atoms with Crippen molar-refractivity contribution in [1.82, 2.24) is 15.2 Å². The molecular weight excluding hydrogens is 601 g/mol. The Bertz CT molecular complexity index is 1610. The van der Waals surface area contributed by atoms with Crippen molar-refractivity contribution in [3.63, 3.8) is 0 Å². The summed E-state index contributed by atoms with van der Waals surface area (Å²) in [5.74, 6) is -4.23. The first-order valence-corrected chi connectivity index (χ1v) is 14.3. The predicted octanol–water partition coefficient (Wildman–Crippen LogP) is 4.40. The van der Waals surface area contributed by atoms with Crippen LogP contribution in [-0.4, -0.2) is 80.0 Å². The number of methoxy groups -OCH3 is 1. The summed E-state index contributed by atoms with van der Waals surface area (Å²) < 4.78 is 77.3. The number of fused-ring (bicyclic) bond motifs is 2. The number of amides is 2. The second-order valence-corrected chi connectivity index (χ2v) is 11.6. The van der Waals surface area contributed by atoms with E-state index in [9.17, 15) is 22.8 Å². The summed E-state index contributed by atoms with van der Waals surface area (Å²) in [6.45, 7) is 3.32. The molecule has 1 N–H and O–H groups in total. The fourth-order valence-corrected chi connectivity index (χ4v) is 6.49. The maximum Gasteiger partial charge on any atom is 0.573 e. The van der Waals surface area contributed by atoms with Crippen molar-refractivity contribution in [2.24, 2.45) is 0 Å². The van der Waals surface area contributed by atoms with E-state index >= 15 is 8.78 Å². The first-order valence-electron chi connectivity index (χ1n) is 14.3. The van der Waals surface area contributed by atoms with Crippen LogP contribution in [0.4, 0.5) is 33.6 Å². The minimum absolute atomic E-state index is 0.0628. The number of aromatic nitrogens is 1. The van der Waals surface area contributed by atoms with E-state index in [1.54, 1.807) is 6.07 Å². The van der Waals surface area contributed by atoms with Crippen molar-refractivity contribution in [2.75, 3.05) is 43.6 Å². The van der Waals surface area contributed by atoms with Gasteiger partial charge in [-0.1, -0.05) is 0 Å². The second kappa shape index (κ2) is 11.5. The van der Waals surface area contributed by atoms with Gasteiger partial charge in [0.15, 0.2) is 0 Å². The molecule has 3 aliphatic heterocycles. The zero-order valence-electron chi connectivity index (χ0n) is 24.6. The van der Waals surface area contributed by atoms with Gasteiger partial charge < -0.3 is 19.7 Å². The molecule has 9 nitrogen and oxygen atoms in total. The molecule has 4 heterocycles. The van der Waals surface area contributed by atoms with Gasteiger partial charge in [0.1, 0.15) is 40.8 Å². The molecule has 6 rings (SSSR count). The van der Waals surface area contributed by atoms with Crippen molar-refractivity contribution < 1.29 is 41.0 Å². The van der Waals surface area contributed by atoms with Gasteiger partial charge in [0.05, 0.1) is 7.11 Å². The molecular formula is C31H30F5N5O4. The van der Waals surface area contributed by atoms with Crippen LogP contribution in [0.25, 0.3) is 0 Å². The lowest BCUT2D eigenvalue weighted by Gasteiger charge is -2.33. The number of pyridine rings is 1. The molecule has 45 heavy (non-hydrogen) atoms. The van der Waals surface area contributed by atoms with Gasteiger partial charge in [0.25, 0.3) is 11.8 Å².